The molecule has 1 unspecified atom stereocenters. The van der Waals surface area contributed by atoms with E-state index in [9.17, 15) is 9.59 Å². The smallest absolute Gasteiger partial charge is 0.255 e. The SMILES string of the molecule is O=C1NCCN2C(=O)c3cc(Br)ccc3C12. The highest BCUT2D eigenvalue weighted by Crippen LogP contribution is 2.36. The lowest BCUT2D eigenvalue weighted by atomic mass is 10.0. The lowest BCUT2D eigenvalue weighted by molar-refractivity contribution is -0.127. The van der Waals surface area contributed by atoms with Gasteiger partial charge in [-0.2, -0.15) is 0 Å². The van der Waals surface area contributed by atoms with Crippen molar-refractivity contribution in [2.24, 2.45) is 0 Å². The minimum Gasteiger partial charge on any atom is -0.352 e. The van der Waals surface area contributed by atoms with E-state index in [4.69, 9.17) is 0 Å². The summed E-state index contributed by atoms with van der Waals surface area (Å²) in [6.45, 7) is 1.12. The Hall–Kier alpha value is -1.36. The van der Waals surface area contributed by atoms with Gasteiger partial charge in [0.2, 0.25) is 5.91 Å². The fourth-order valence-electron chi connectivity index (χ4n) is 2.30. The van der Waals surface area contributed by atoms with Crippen LogP contribution in [-0.2, 0) is 4.79 Å². The van der Waals surface area contributed by atoms with E-state index >= 15 is 0 Å². The summed E-state index contributed by atoms with van der Waals surface area (Å²) in [5.74, 6) is -0.128. The molecule has 0 saturated carbocycles. The number of carbonyl (C=O) groups excluding carboxylic acids is 2. The first kappa shape index (κ1) is 9.84. The summed E-state index contributed by atoms with van der Waals surface area (Å²) in [6.07, 6.45) is 0. The molecule has 16 heavy (non-hydrogen) atoms. The number of nitrogens with zero attached hydrogens (tertiary/aromatic N) is 1. The van der Waals surface area contributed by atoms with Gasteiger partial charge in [-0.3, -0.25) is 9.59 Å². The fraction of sp³-hybridized carbons (Fsp3) is 0.273. The third kappa shape index (κ3) is 1.21. The highest BCUT2D eigenvalue weighted by Gasteiger charge is 2.42. The number of carbonyl (C=O) groups is 2. The van der Waals surface area contributed by atoms with Crippen molar-refractivity contribution in [1.82, 2.24) is 10.2 Å². The molecule has 2 aliphatic heterocycles. The summed E-state index contributed by atoms with van der Waals surface area (Å²) in [5, 5.41) is 2.78. The van der Waals surface area contributed by atoms with Gasteiger partial charge in [-0.15, -0.1) is 0 Å². The van der Waals surface area contributed by atoms with Crippen LogP contribution in [0.3, 0.4) is 0 Å². The summed E-state index contributed by atoms with van der Waals surface area (Å²) >= 11 is 3.34. The van der Waals surface area contributed by atoms with Gasteiger partial charge in [0.15, 0.2) is 0 Å². The number of piperazine rings is 1. The Labute approximate surface area is 101 Å². The minimum absolute atomic E-state index is 0.0452. The number of halogens is 1. The lowest BCUT2D eigenvalue weighted by Gasteiger charge is -2.29. The third-order valence-corrected chi connectivity index (χ3v) is 3.51. The first-order valence-corrected chi connectivity index (χ1v) is 5.86. The second-order valence-electron chi connectivity index (χ2n) is 3.92. The molecule has 1 fully saturated rings. The first-order valence-electron chi connectivity index (χ1n) is 5.06. The zero-order valence-corrected chi connectivity index (χ0v) is 9.95. The molecule has 5 heteroatoms. The van der Waals surface area contributed by atoms with Gasteiger partial charge in [-0.1, -0.05) is 22.0 Å². The Morgan fingerprint density at radius 1 is 1.38 bits per heavy atom. The van der Waals surface area contributed by atoms with Crippen molar-refractivity contribution < 1.29 is 9.59 Å². The van der Waals surface area contributed by atoms with E-state index in [-0.39, 0.29) is 11.8 Å². The van der Waals surface area contributed by atoms with Gasteiger partial charge in [0.25, 0.3) is 5.91 Å². The van der Waals surface area contributed by atoms with Crippen molar-refractivity contribution in [3.8, 4) is 0 Å². The molecule has 0 spiro atoms. The van der Waals surface area contributed by atoms with Gasteiger partial charge in [0.1, 0.15) is 6.04 Å². The molecule has 0 bridgehead atoms. The van der Waals surface area contributed by atoms with Crippen LogP contribution in [0.15, 0.2) is 22.7 Å². The van der Waals surface area contributed by atoms with E-state index in [0.29, 0.717) is 18.7 Å². The van der Waals surface area contributed by atoms with Crippen LogP contribution in [0.1, 0.15) is 22.0 Å². The van der Waals surface area contributed by atoms with Crippen LogP contribution >= 0.6 is 15.9 Å². The number of hydrogen-bond donors (Lipinski definition) is 1. The molecule has 1 N–H and O–H groups in total. The number of hydrogen-bond acceptors (Lipinski definition) is 2. The number of benzene rings is 1. The van der Waals surface area contributed by atoms with Gasteiger partial charge < -0.3 is 10.2 Å². The maximum absolute atomic E-state index is 12.1. The third-order valence-electron chi connectivity index (χ3n) is 3.01. The Bertz CT molecular complexity index is 501. The van der Waals surface area contributed by atoms with Gasteiger partial charge >= 0.3 is 0 Å². The second kappa shape index (κ2) is 3.31. The zero-order valence-electron chi connectivity index (χ0n) is 8.37. The van der Waals surface area contributed by atoms with Crippen molar-refractivity contribution in [2.45, 2.75) is 6.04 Å². The maximum atomic E-state index is 12.1. The summed E-state index contributed by atoms with van der Waals surface area (Å²) in [4.78, 5) is 25.4. The van der Waals surface area contributed by atoms with Gasteiger partial charge in [0.05, 0.1) is 0 Å². The van der Waals surface area contributed by atoms with E-state index in [1.165, 1.54) is 0 Å². The largest absolute Gasteiger partial charge is 0.352 e. The molecule has 0 aromatic heterocycles. The van der Waals surface area contributed by atoms with Gasteiger partial charge in [-0.05, 0) is 17.7 Å². The maximum Gasteiger partial charge on any atom is 0.255 e. The molecular weight excluding hydrogens is 272 g/mol. The normalized spacial score (nSPS) is 22.8. The highest BCUT2D eigenvalue weighted by molar-refractivity contribution is 9.10. The van der Waals surface area contributed by atoms with Crippen LogP contribution in [0, 0.1) is 0 Å². The molecule has 2 aliphatic rings. The average molecular weight is 281 g/mol. The van der Waals surface area contributed by atoms with Gasteiger partial charge in [0, 0.05) is 23.1 Å². The number of rotatable bonds is 0. The molecule has 1 atom stereocenters. The molecule has 82 valence electrons. The summed E-state index contributed by atoms with van der Waals surface area (Å²) in [6, 6.07) is 5.05. The molecule has 0 radical (unpaired) electrons. The van der Waals surface area contributed by atoms with Crippen LogP contribution in [-0.4, -0.2) is 29.8 Å². The van der Waals surface area contributed by atoms with Crippen LogP contribution in [0.25, 0.3) is 0 Å². The van der Waals surface area contributed by atoms with E-state index in [1.807, 2.05) is 12.1 Å². The number of nitrogens with one attached hydrogen (secondary N) is 1. The Morgan fingerprint density at radius 3 is 3.00 bits per heavy atom. The standard InChI is InChI=1S/C11H9BrN2O2/c12-6-1-2-7-8(5-6)11(16)14-4-3-13-10(15)9(7)14/h1-2,5,9H,3-4H2,(H,13,15). The Balaban J connectivity index is 2.16. The van der Waals surface area contributed by atoms with E-state index in [1.54, 1.807) is 11.0 Å². The van der Waals surface area contributed by atoms with Crippen LogP contribution < -0.4 is 5.32 Å². The molecule has 3 rings (SSSR count). The highest BCUT2D eigenvalue weighted by atomic mass is 79.9. The quantitative estimate of drug-likeness (QED) is 0.773. The number of amides is 2. The molecule has 2 heterocycles. The average Bonchev–Trinajstić information content (AvgIpc) is 2.55. The molecule has 4 nitrogen and oxygen atoms in total. The van der Waals surface area contributed by atoms with Crippen LogP contribution in [0.4, 0.5) is 0 Å². The second-order valence-corrected chi connectivity index (χ2v) is 4.84. The van der Waals surface area contributed by atoms with Crippen molar-refractivity contribution >= 4 is 27.7 Å². The van der Waals surface area contributed by atoms with E-state index in [0.717, 1.165) is 10.0 Å². The van der Waals surface area contributed by atoms with Crippen LogP contribution in [0.2, 0.25) is 0 Å². The van der Waals surface area contributed by atoms with Gasteiger partial charge in [-0.25, -0.2) is 0 Å². The predicted octanol–water partition coefficient (Wildman–Crippen LogP) is 1.08. The zero-order chi connectivity index (χ0) is 11.3. The Kier molecular flexibility index (Phi) is 2.04. The molecule has 1 aromatic carbocycles. The molecule has 2 amide bonds. The van der Waals surface area contributed by atoms with Crippen LogP contribution in [0.5, 0.6) is 0 Å². The summed E-state index contributed by atoms with van der Waals surface area (Å²) in [7, 11) is 0. The van der Waals surface area contributed by atoms with E-state index < -0.39 is 6.04 Å². The predicted molar refractivity (Wildman–Crippen MR) is 60.9 cm³/mol. The summed E-state index contributed by atoms with van der Waals surface area (Å²) in [5.41, 5.74) is 1.45. The van der Waals surface area contributed by atoms with Crippen molar-refractivity contribution in [3.05, 3.63) is 33.8 Å². The molecule has 1 aromatic rings. The van der Waals surface area contributed by atoms with Crippen molar-refractivity contribution in [2.75, 3.05) is 13.1 Å². The molecule has 0 aliphatic carbocycles. The number of fused-ring (bicyclic) bond motifs is 3. The monoisotopic (exact) mass is 280 g/mol. The molecular formula is C11H9BrN2O2. The first-order chi connectivity index (χ1) is 7.68. The Morgan fingerprint density at radius 2 is 2.19 bits per heavy atom. The topological polar surface area (TPSA) is 49.4 Å². The van der Waals surface area contributed by atoms with Crippen molar-refractivity contribution in [1.29, 1.82) is 0 Å². The fourth-order valence-corrected chi connectivity index (χ4v) is 2.66. The minimum atomic E-state index is -0.427. The van der Waals surface area contributed by atoms with E-state index in [2.05, 4.69) is 21.2 Å². The summed E-state index contributed by atoms with van der Waals surface area (Å²) < 4.78 is 0.861. The molecule has 1 saturated heterocycles. The lowest BCUT2D eigenvalue weighted by Crippen LogP contribution is -2.48. The van der Waals surface area contributed by atoms with Crippen molar-refractivity contribution in [3.63, 3.8) is 0 Å².